The lowest BCUT2D eigenvalue weighted by Crippen LogP contribution is -2.26. The van der Waals surface area contributed by atoms with Crippen LogP contribution in [-0.2, 0) is 36.4 Å². The van der Waals surface area contributed by atoms with Gasteiger partial charge in [-0.05, 0) is 23.6 Å². The Balaban J connectivity index is 1.72. The molecule has 0 amide bonds. The minimum atomic E-state index is -1.26. The molecule has 2 aromatic carbocycles. The van der Waals surface area contributed by atoms with Gasteiger partial charge in [0.15, 0.2) is 11.9 Å². The van der Waals surface area contributed by atoms with Gasteiger partial charge >= 0.3 is 5.97 Å². The molecule has 3 rings (SSSR count). The summed E-state index contributed by atoms with van der Waals surface area (Å²) in [6.07, 6.45) is 4.31. The Bertz CT molecular complexity index is 916. The van der Waals surface area contributed by atoms with Gasteiger partial charge in [0.05, 0.1) is 6.61 Å². The van der Waals surface area contributed by atoms with Gasteiger partial charge in [0.25, 0.3) is 0 Å². The summed E-state index contributed by atoms with van der Waals surface area (Å²) in [7, 11) is -1.26. The molecule has 0 aliphatic carbocycles. The van der Waals surface area contributed by atoms with E-state index in [1.54, 1.807) is 0 Å². The van der Waals surface area contributed by atoms with E-state index in [9.17, 15) is 4.79 Å². The lowest BCUT2D eigenvalue weighted by atomic mass is 10.2. The van der Waals surface area contributed by atoms with Crippen molar-refractivity contribution in [1.82, 2.24) is 0 Å². The molecule has 0 saturated heterocycles. The summed E-state index contributed by atoms with van der Waals surface area (Å²) in [4.78, 5) is 12.6. The van der Waals surface area contributed by atoms with Crippen LogP contribution in [0.2, 0.25) is 0 Å². The molecule has 0 aromatic heterocycles. The first-order valence-corrected chi connectivity index (χ1v) is 13.2. The second kappa shape index (κ2) is 10.5. The fourth-order valence-corrected chi connectivity index (χ4v) is 3.83. The van der Waals surface area contributed by atoms with Gasteiger partial charge in [0, 0.05) is 11.2 Å². The molecule has 174 valence electrons. The largest absolute Gasteiger partial charge is 0.485 e. The van der Waals surface area contributed by atoms with E-state index < -0.39 is 22.4 Å². The first-order chi connectivity index (χ1) is 15.2. The fourth-order valence-electron chi connectivity index (χ4n) is 2.97. The Kier molecular flexibility index (Phi) is 7.91. The van der Waals surface area contributed by atoms with Crippen molar-refractivity contribution in [3.05, 3.63) is 83.3 Å². The first-order valence-electron chi connectivity index (χ1n) is 10.8. The lowest BCUT2D eigenvalue weighted by Gasteiger charge is -2.43. The van der Waals surface area contributed by atoms with Crippen LogP contribution in [0.1, 0.15) is 38.3 Å². The molecular weight excluding hydrogens is 424 g/mol. The highest BCUT2D eigenvalue weighted by atomic mass is 32.3. The summed E-state index contributed by atoms with van der Waals surface area (Å²) >= 11 is 0. The SMILES string of the molecule is CC(C)(C)S(C)(C)OCCC1OC(=O)C(OCc2ccccc2)=C1OCc1ccccc1. The minimum absolute atomic E-state index is 0.0613. The van der Waals surface area contributed by atoms with Crippen molar-refractivity contribution < 1.29 is 23.2 Å². The molecule has 5 nitrogen and oxygen atoms in total. The van der Waals surface area contributed by atoms with E-state index in [0.29, 0.717) is 25.4 Å². The average Bonchev–Trinajstić information content (AvgIpc) is 3.05. The van der Waals surface area contributed by atoms with Crippen LogP contribution in [0.15, 0.2) is 72.2 Å². The summed E-state index contributed by atoms with van der Waals surface area (Å²) in [5.41, 5.74) is 1.98. The third-order valence-electron chi connectivity index (χ3n) is 5.65. The molecule has 0 N–H and O–H groups in total. The van der Waals surface area contributed by atoms with Crippen molar-refractivity contribution in [3.63, 3.8) is 0 Å². The monoisotopic (exact) mass is 458 g/mol. The van der Waals surface area contributed by atoms with Gasteiger partial charge in [-0.3, -0.25) is 0 Å². The molecule has 1 atom stereocenters. The zero-order valence-corrected chi connectivity index (χ0v) is 20.4. The maximum Gasteiger partial charge on any atom is 0.378 e. The van der Waals surface area contributed by atoms with E-state index >= 15 is 0 Å². The molecule has 0 spiro atoms. The Labute approximate surface area is 193 Å². The Morgan fingerprint density at radius 1 is 0.875 bits per heavy atom. The molecule has 1 aliphatic heterocycles. The molecule has 32 heavy (non-hydrogen) atoms. The van der Waals surface area contributed by atoms with Crippen molar-refractivity contribution in [2.24, 2.45) is 0 Å². The van der Waals surface area contributed by atoms with Crippen LogP contribution < -0.4 is 0 Å². The van der Waals surface area contributed by atoms with Crippen LogP contribution in [0.25, 0.3) is 0 Å². The van der Waals surface area contributed by atoms with Gasteiger partial charge in [0.2, 0.25) is 5.76 Å². The maximum absolute atomic E-state index is 12.6. The average molecular weight is 459 g/mol. The normalized spacial score (nSPS) is 17.3. The van der Waals surface area contributed by atoms with Crippen LogP contribution in [0, 0.1) is 0 Å². The lowest BCUT2D eigenvalue weighted by molar-refractivity contribution is -0.143. The van der Waals surface area contributed by atoms with Gasteiger partial charge < -0.3 is 18.4 Å². The summed E-state index contributed by atoms with van der Waals surface area (Å²) in [6, 6.07) is 19.6. The van der Waals surface area contributed by atoms with Crippen LogP contribution in [0.4, 0.5) is 0 Å². The second-order valence-corrected chi connectivity index (χ2v) is 13.0. The number of cyclic esters (lactones) is 1. The zero-order chi connectivity index (χ0) is 23.2. The van der Waals surface area contributed by atoms with E-state index in [4.69, 9.17) is 18.4 Å². The fraction of sp³-hybridized carbons (Fsp3) is 0.423. The standard InChI is InChI=1S/C26H34O5S/c1-26(2,3)32(4,5)30-17-16-22-23(28-18-20-12-8-6-9-13-20)24(25(27)31-22)29-19-21-14-10-7-11-15-21/h6-15,22H,16-19H2,1-5H3. The summed E-state index contributed by atoms with van der Waals surface area (Å²) < 4.78 is 23.9. The Morgan fingerprint density at radius 3 is 1.94 bits per heavy atom. The number of carbonyl (C=O) groups excluding carboxylic acids is 1. The van der Waals surface area contributed by atoms with Crippen molar-refractivity contribution in [2.75, 3.05) is 19.1 Å². The second-order valence-electron chi connectivity index (χ2n) is 9.09. The van der Waals surface area contributed by atoms with Gasteiger partial charge in [-0.15, -0.1) is 10.3 Å². The van der Waals surface area contributed by atoms with Gasteiger partial charge in [-0.2, -0.15) is 0 Å². The highest BCUT2D eigenvalue weighted by molar-refractivity contribution is 8.29. The zero-order valence-electron chi connectivity index (χ0n) is 19.6. The topological polar surface area (TPSA) is 54.0 Å². The third-order valence-corrected chi connectivity index (χ3v) is 9.35. The number of rotatable bonds is 10. The number of carbonyl (C=O) groups is 1. The summed E-state index contributed by atoms with van der Waals surface area (Å²) in [5.74, 6) is 0.107. The number of esters is 1. The maximum atomic E-state index is 12.6. The molecular formula is C26H34O5S. The number of hydrogen-bond acceptors (Lipinski definition) is 5. The van der Waals surface area contributed by atoms with E-state index in [2.05, 4.69) is 33.3 Å². The summed E-state index contributed by atoms with van der Waals surface area (Å²) in [5, 5.41) is 0. The molecule has 1 heterocycles. The predicted octanol–water partition coefficient (Wildman–Crippen LogP) is 5.74. The Morgan fingerprint density at radius 2 is 1.41 bits per heavy atom. The highest BCUT2D eigenvalue weighted by Crippen LogP contribution is 2.53. The molecule has 0 saturated carbocycles. The van der Waals surface area contributed by atoms with Gasteiger partial charge in [-0.1, -0.05) is 81.4 Å². The number of ether oxygens (including phenoxy) is 3. The highest BCUT2D eigenvalue weighted by Gasteiger charge is 2.38. The molecule has 0 radical (unpaired) electrons. The molecule has 1 aliphatic rings. The van der Waals surface area contributed by atoms with Crippen LogP contribution >= 0.6 is 10.3 Å². The van der Waals surface area contributed by atoms with E-state index in [1.165, 1.54) is 0 Å². The number of hydrogen-bond donors (Lipinski definition) is 0. The van der Waals surface area contributed by atoms with Crippen molar-refractivity contribution >= 4 is 16.3 Å². The Hall–Kier alpha value is -2.44. The van der Waals surface area contributed by atoms with Gasteiger partial charge in [0.1, 0.15) is 13.2 Å². The van der Waals surface area contributed by atoms with Crippen molar-refractivity contribution in [1.29, 1.82) is 0 Å². The molecule has 0 fully saturated rings. The first kappa shape index (κ1) is 24.2. The number of benzene rings is 2. The van der Waals surface area contributed by atoms with E-state index in [1.807, 2.05) is 60.7 Å². The van der Waals surface area contributed by atoms with Crippen LogP contribution in [-0.4, -0.2) is 35.9 Å². The third kappa shape index (κ3) is 6.30. The smallest absolute Gasteiger partial charge is 0.378 e. The molecule has 1 unspecified atom stereocenters. The summed E-state index contributed by atoms with van der Waals surface area (Å²) in [6.45, 7) is 7.63. The van der Waals surface area contributed by atoms with Crippen LogP contribution in [0.3, 0.4) is 0 Å². The van der Waals surface area contributed by atoms with E-state index in [-0.39, 0.29) is 17.1 Å². The quantitative estimate of drug-likeness (QED) is 0.425. The van der Waals surface area contributed by atoms with Crippen LogP contribution in [0.5, 0.6) is 0 Å². The van der Waals surface area contributed by atoms with Crippen molar-refractivity contribution in [3.8, 4) is 0 Å². The van der Waals surface area contributed by atoms with Gasteiger partial charge in [-0.25, -0.2) is 4.79 Å². The molecule has 2 aromatic rings. The molecule has 6 heteroatoms. The predicted molar refractivity (Wildman–Crippen MR) is 129 cm³/mol. The molecule has 0 bridgehead atoms. The minimum Gasteiger partial charge on any atom is -0.485 e. The van der Waals surface area contributed by atoms with E-state index in [0.717, 1.165) is 11.1 Å². The van der Waals surface area contributed by atoms with Crippen molar-refractivity contribution in [2.45, 2.75) is 51.3 Å².